The van der Waals surface area contributed by atoms with Gasteiger partial charge in [0, 0.05) is 18.7 Å². The van der Waals surface area contributed by atoms with Gasteiger partial charge in [-0.15, -0.1) is 0 Å². The molecule has 1 aliphatic rings. The van der Waals surface area contributed by atoms with E-state index in [1.54, 1.807) is 6.20 Å². The second kappa shape index (κ2) is 3.65. The monoisotopic (exact) mass is 191 g/mol. The number of rotatable bonds is 1. The third-order valence-corrected chi connectivity index (χ3v) is 2.35. The van der Waals surface area contributed by atoms with Gasteiger partial charge in [-0.3, -0.25) is 4.79 Å². The zero-order chi connectivity index (χ0) is 9.97. The van der Waals surface area contributed by atoms with Crippen LogP contribution in [-0.4, -0.2) is 16.9 Å². The fraction of sp³-hybridized carbons (Fsp3) is 0.400. The van der Waals surface area contributed by atoms with Gasteiger partial charge in [-0.2, -0.15) is 0 Å². The Morgan fingerprint density at radius 3 is 3.29 bits per heavy atom. The van der Waals surface area contributed by atoms with Crippen molar-refractivity contribution in [2.24, 2.45) is 0 Å². The minimum absolute atomic E-state index is 0.0519. The van der Waals surface area contributed by atoms with E-state index >= 15 is 0 Å². The molecule has 1 aliphatic heterocycles. The summed E-state index contributed by atoms with van der Waals surface area (Å²) in [7, 11) is 0. The first-order chi connectivity index (χ1) is 6.79. The number of fused-ring (bicyclic) bond motifs is 1. The lowest BCUT2D eigenvalue weighted by Crippen LogP contribution is -2.21. The van der Waals surface area contributed by atoms with Crippen molar-refractivity contribution in [2.75, 3.05) is 10.6 Å². The van der Waals surface area contributed by atoms with Gasteiger partial charge in [-0.1, -0.05) is 6.92 Å². The predicted molar refractivity (Wildman–Crippen MR) is 55.2 cm³/mol. The van der Waals surface area contributed by atoms with E-state index in [2.05, 4.69) is 22.5 Å². The Morgan fingerprint density at radius 1 is 1.64 bits per heavy atom. The van der Waals surface area contributed by atoms with Crippen LogP contribution in [0, 0.1) is 0 Å². The van der Waals surface area contributed by atoms with Crippen molar-refractivity contribution >= 4 is 17.4 Å². The number of hydrogen-bond donors (Lipinski definition) is 2. The van der Waals surface area contributed by atoms with Crippen LogP contribution < -0.4 is 10.6 Å². The van der Waals surface area contributed by atoms with Crippen molar-refractivity contribution in [3.8, 4) is 0 Å². The highest BCUT2D eigenvalue weighted by Gasteiger charge is 2.19. The molecular formula is C10H13N3O. The number of nitrogens with one attached hydrogen (secondary N) is 2. The fourth-order valence-electron chi connectivity index (χ4n) is 1.54. The van der Waals surface area contributed by atoms with Crippen LogP contribution in [0.25, 0.3) is 0 Å². The molecule has 0 radical (unpaired) electrons. The second-order valence-electron chi connectivity index (χ2n) is 3.40. The van der Waals surface area contributed by atoms with Crippen molar-refractivity contribution < 1.29 is 4.79 Å². The van der Waals surface area contributed by atoms with Crippen LogP contribution in [0.15, 0.2) is 18.3 Å². The molecule has 1 unspecified atom stereocenters. The molecule has 0 saturated carbocycles. The Hall–Kier alpha value is -1.58. The van der Waals surface area contributed by atoms with Crippen LogP contribution >= 0.6 is 0 Å². The number of aromatic nitrogens is 1. The average molecular weight is 191 g/mol. The normalized spacial score (nSPS) is 20.4. The molecule has 2 N–H and O–H groups in total. The summed E-state index contributed by atoms with van der Waals surface area (Å²) in [4.78, 5) is 15.6. The SMILES string of the molecule is CCC1CC(=O)Nc2cccnc2N1. The summed E-state index contributed by atoms with van der Waals surface area (Å²) in [6.07, 6.45) is 3.15. The molecule has 74 valence electrons. The first-order valence-corrected chi connectivity index (χ1v) is 4.81. The lowest BCUT2D eigenvalue weighted by atomic mass is 10.1. The van der Waals surface area contributed by atoms with Crippen molar-refractivity contribution in [3.63, 3.8) is 0 Å². The number of carbonyl (C=O) groups excluding carboxylic acids is 1. The molecule has 0 aliphatic carbocycles. The molecular weight excluding hydrogens is 178 g/mol. The topological polar surface area (TPSA) is 54.0 Å². The van der Waals surface area contributed by atoms with E-state index in [1.165, 1.54) is 0 Å². The molecule has 4 nitrogen and oxygen atoms in total. The minimum atomic E-state index is 0.0519. The molecule has 0 aromatic carbocycles. The van der Waals surface area contributed by atoms with Crippen LogP contribution in [-0.2, 0) is 4.79 Å². The molecule has 2 rings (SSSR count). The molecule has 0 saturated heterocycles. The summed E-state index contributed by atoms with van der Waals surface area (Å²) in [5.74, 6) is 0.821. The van der Waals surface area contributed by atoms with Gasteiger partial charge in [-0.25, -0.2) is 4.98 Å². The van der Waals surface area contributed by atoms with Gasteiger partial charge < -0.3 is 10.6 Å². The van der Waals surface area contributed by atoms with Gasteiger partial charge in [0.1, 0.15) is 5.82 Å². The number of nitrogens with zero attached hydrogens (tertiary/aromatic N) is 1. The quantitative estimate of drug-likeness (QED) is 0.709. The third-order valence-electron chi connectivity index (χ3n) is 2.35. The van der Waals surface area contributed by atoms with Crippen molar-refractivity contribution in [1.29, 1.82) is 0 Å². The van der Waals surface area contributed by atoms with Crippen LogP contribution in [0.5, 0.6) is 0 Å². The van der Waals surface area contributed by atoms with Crippen LogP contribution in [0.1, 0.15) is 19.8 Å². The largest absolute Gasteiger partial charge is 0.365 e. The van der Waals surface area contributed by atoms with Crippen molar-refractivity contribution in [3.05, 3.63) is 18.3 Å². The molecule has 1 aromatic rings. The van der Waals surface area contributed by atoms with Gasteiger partial charge in [0.25, 0.3) is 0 Å². The Morgan fingerprint density at radius 2 is 2.50 bits per heavy atom. The molecule has 0 spiro atoms. The van der Waals surface area contributed by atoms with Gasteiger partial charge in [0.05, 0.1) is 5.69 Å². The molecule has 1 aromatic heterocycles. The molecule has 0 fully saturated rings. The van der Waals surface area contributed by atoms with Gasteiger partial charge in [0.15, 0.2) is 0 Å². The molecule has 14 heavy (non-hydrogen) atoms. The molecule has 2 heterocycles. The Kier molecular flexibility index (Phi) is 2.35. The lowest BCUT2D eigenvalue weighted by Gasteiger charge is -2.12. The number of amides is 1. The highest BCUT2D eigenvalue weighted by Crippen LogP contribution is 2.23. The first kappa shape index (κ1) is 8.99. The van der Waals surface area contributed by atoms with Crippen LogP contribution in [0.3, 0.4) is 0 Å². The zero-order valence-corrected chi connectivity index (χ0v) is 8.08. The van der Waals surface area contributed by atoms with E-state index < -0.39 is 0 Å². The standard InChI is InChI=1S/C10H13N3O/c1-2-7-6-9(14)13-8-4-3-5-11-10(8)12-7/h3-5,7H,2,6H2,1H3,(H,11,12)(H,13,14). The highest BCUT2D eigenvalue weighted by atomic mass is 16.1. The minimum Gasteiger partial charge on any atom is -0.365 e. The van der Waals surface area contributed by atoms with Crippen LogP contribution in [0.4, 0.5) is 11.5 Å². The summed E-state index contributed by atoms with van der Waals surface area (Å²) in [6.45, 7) is 2.05. The number of carbonyl (C=O) groups is 1. The van der Waals surface area contributed by atoms with Crippen molar-refractivity contribution in [2.45, 2.75) is 25.8 Å². The second-order valence-corrected chi connectivity index (χ2v) is 3.40. The van der Waals surface area contributed by atoms with E-state index in [9.17, 15) is 4.79 Å². The maximum atomic E-state index is 11.4. The van der Waals surface area contributed by atoms with Crippen LogP contribution in [0.2, 0.25) is 0 Å². The number of hydrogen-bond acceptors (Lipinski definition) is 3. The third kappa shape index (κ3) is 1.69. The molecule has 1 atom stereocenters. The van der Waals surface area contributed by atoms with Gasteiger partial charge in [-0.05, 0) is 18.6 Å². The lowest BCUT2D eigenvalue weighted by molar-refractivity contribution is -0.116. The molecule has 1 amide bonds. The van der Waals surface area contributed by atoms with Gasteiger partial charge >= 0.3 is 0 Å². The zero-order valence-electron chi connectivity index (χ0n) is 8.08. The number of anilines is 2. The first-order valence-electron chi connectivity index (χ1n) is 4.81. The fourth-order valence-corrected chi connectivity index (χ4v) is 1.54. The summed E-state index contributed by atoms with van der Waals surface area (Å²) in [6, 6.07) is 3.85. The predicted octanol–water partition coefficient (Wildman–Crippen LogP) is 1.61. The Balaban J connectivity index is 2.32. The summed E-state index contributed by atoms with van der Waals surface area (Å²) < 4.78 is 0. The summed E-state index contributed by atoms with van der Waals surface area (Å²) in [5, 5.41) is 6.07. The van der Waals surface area contributed by atoms with E-state index in [-0.39, 0.29) is 11.9 Å². The van der Waals surface area contributed by atoms with Crippen molar-refractivity contribution in [1.82, 2.24) is 4.98 Å². The van der Waals surface area contributed by atoms with E-state index in [0.717, 1.165) is 17.9 Å². The maximum Gasteiger partial charge on any atom is 0.226 e. The van der Waals surface area contributed by atoms with Gasteiger partial charge in [0.2, 0.25) is 5.91 Å². The Labute approximate surface area is 82.7 Å². The summed E-state index contributed by atoms with van der Waals surface area (Å²) >= 11 is 0. The molecule has 0 bridgehead atoms. The van der Waals surface area contributed by atoms with E-state index in [4.69, 9.17) is 0 Å². The van der Waals surface area contributed by atoms with E-state index in [0.29, 0.717) is 6.42 Å². The summed E-state index contributed by atoms with van der Waals surface area (Å²) in [5.41, 5.74) is 0.772. The smallest absolute Gasteiger partial charge is 0.226 e. The maximum absolute atomic E-state index is 11.4. The number of pyridine rings is 1. The van der Waals surface area contributed by atoms with E-state index in [1.807, 2.05) is 12.1 Å². The molecule has 4 heteroatoms. The average Bonchev–Trinajstić information content (AvgIpc) is 2.35. The Bertz CT molecular complexity index is 351. The highest BCUT2D eigenvalue weighted by molar-refractivity contribution is 5.95.